The number of carbonyl (C=O) groups is 4. The first kappa shape index (κ1) is 28.9. The summed E-state index contributed by atoms with van der Waals surface area (Å²) < 4.78 is 0. The summed E-state index contributed by atoms with van der Waals surface area (Å²) in [6, 6.07) is 1.71. The molecular formula is C20H30N4O6S3. The normalized spacial score (nSPS) is 14.4. The molecular weight excluding hydrogens is 488 g/mol. The molecule has 0 aliphatic carbocycles. The van der Waals surface area contributed by atoms with Crippen LogP contribution in [0.1, 0.15) is 12.0 Å². The van der Waals surface area contributed by atoms with Crippen LogP contribution in [0.2, 0.25) is 0 Å². The van der Waals surface area contributed by atoms with Crippen molar-refractivity contribution in [3.63, 3.8) is 0 Å². The number of aliphatic carboxylic acids is 1. The van der Waals surface area contributed by atoms with Crippen molar-refractivity contribution in [3.05, 3.63) is 29.8 Å². The highest BCUT2D eigenvalue weighted by Crippen LogP contribution is 2.12. The zero-order valence-corrected chi connectivity index (χ0v) is 20.7. The predicted molar refractivity (Wildman–Crippen MR) is 134 cm³/mol. The van der Waals surface area contributed by atoms with Crippen LogP contribution < -0.4 is 21.7 Å². The van der Waals surface area contributed by atoms with Crippen LogP contribution in [-0.2, 0) is 25.6 Å². The Morgan fingerprint density at radius 2 is 1.45 bits per heavy atom. The van der Waals surface area contributed by atoms with Crippen molar-refractivity contribution in [2.45, 2.75) is 37.0 Å². The van der Waals surface area contributed by atoms with E-state index in [-0.39, 0.29) is 23.7 Å². The summed E-state index contributed by atoms with van der Waals surface area (Å²) in [4.78, 5) is 49.2. The highest BCUT2D eigenvalue weighted by atomic mass is 32.2. The molecule has 0 aromatic heterocycles. The number of phenolic OH excluding ortho intramolecular Hbond substituents is 1. The van der Waals surface area contributed by atoms with Crippen LogP contribution in [0.4, 0.5) is 0 Å². The number of rotatable bonds is 14. The molecule has 0 aliphatic heterocycles. The Bertz CT molecular complexity index is 811. The number of carbonyl (C=O) groups excluding carboxylic acids is 3. The lowest BCUT2D eigenvalue weighted by Crippen LogP contribution is -2.58. The molecule has 3 amide bonds. The Morgan fingerprint density at radius 3 is 1.97 bits per heavy atom. The average molecular weight is 519 g/mol. The zero-order chi connectivity index (χ0) is 25.0. The maximum atomic E-state index is 12.8. The number of nitrogens with two attached hydrogens (primary N) is 1. The molecule has 1 aromatic carbocycles. The van der Waals surface area contributed by atoms with Gasteiger partial charge >= 0.3 is 5.97 Å². The van der Waals surface area contributed by atoms with Crippen molar-refractivity contribution in [3.8, 4) is 5.75 Å². The first-order chi connectivity index (χ1) is 15.6. The zero-order valence-electron chi connectivity index (χ0n) is 18.1. The Morgan fingerprint density at radius 1 is 0.939 bits per heavy atom. The third-order valence-electron chi connectivity index (χ3n) is 4.59. The van der Waals surface area contributed by atoms with Gasteiger partial charge in [0.25, 0.3) is 0 Å². The van der Waals surface area contributed by atoms with Gasteiger partial charge in [0, 0.05) is 17.9 Å². The van der Waals surface area contributed by atoms with E-state index in [1.807, 2.05) is 6.26 Å². The molecule has 4 unspecified atom stereocenters. The highest BCUT2D eigenvalue weighted by molar-refractivity contribution is 7.98. The minimum atomic E-state index is -1.27. The third-order valence-corrected chi connectivity index (χ3v) is 5.97. The Kier molecular flexibility index (Phi) is 13.1. The predicted octanol–water partition coefficient (Wildman–Crippen LogP) is -0.586. The summed E-state index contributed by atoms with van der Waals surface area (Å²) in [5.41, 5.74) is 6.45. The van der Waals surface area contributed by atoms with Gasteiger partial charge in [-0.1, -0.05) is 12.1 Å². The van der Waals surface area contributed by atoms with Crippen LogP contribution in [0.3, 0.4) is 0 Å². The molecule has 0 spiro atoms. The quantitative estimate of drug-likeness (QED) is 0.151. The van der Waals surface area contributed by atoms with Crippen LogP contribution >= 0.6 is 37.0 Å². The lowest BCUT2D eigenvalue weighted by atomic mass is 10.0. The molecule has 7 N–H and O–H groups in total. The second-order valence-electron chi connectivity index (χ2n) is 7.15. The lowest BCUT2D eigenvalue weighted by molar-refractivity contribution is -0.141. The van der Waals surface area contributed by atoms with Gasteiger partial charge in [0.15, 0.2) is 0 Å². The molecule has 4 atom stereocenters. The average Bonchev–Trinajstić information content (AvgIpc) is 2.79. The van der Waals surface area contributed by atoms with Crippen LogP contribution in [-0.4, -0.2) is 81.6 Å². The van der Waals surface area contributed by atoms with Crippen molar-refractivity contribution < 1.29 is 29.4 Å². The van der Waals surface area contributed by atoms with Crippen LogP contribution in [0.15, 0.2) is 24.3 Å². The Labute approximate surface area is 207 Å². The Balaban J connectivity index is 2.97. The van der Waals surface area contributed by atoms with Crippen molar-refractivity contribution >= 4 is 60.7 Å². The number of thioether (sulfide) groups is 1. The summed E-state index contributed by atoms with van der Waals surface area (Å²) in [6.07, 6.45) is 2.33. The highest BCUT2D eigenvalue weighted by Gasteiger charge is 2.29. The van der Waals surface area contributed by atoms with Crippen molar-refractivity contribution in [2.75, 3.05) is 23.5 Å². The second kappa shape index (κ2) is 14.9. The Hall–Kier alpha value is -2.09. The number of carboxylic acids is 1. The smallest absolute Gasteiger partial charge is 0.327 e. The number of amides is 3. The van der Waals surface area contributed by atoms with E-state index < -0.39 is 47.9 Å². The molecule has 0 fully saturated rings. The number of phenols is 1. The molecule has 1 aromatic rings. The molecule has 1 rings (SSSR count). The lowest BCUT2D eigenvalue weighted by Gasteiger charge is -2.24. The summed E-state index contributed by atoms with van der Waals surface area (Å²) in [5, 5.41) is 26.1. The maximum absolute atomic E-state index is 12.8. The molecule has 0 saturated carbocycles. The standard InChI is InChI=1S/C20H30N4O6S3/c1-33-7-6-13(21)17(26)23-15(9-31)19(28)22-14(8-11-2-4-12(25)5-3-11)18(27)24-16(10-32)20(29)30/h2-5,13-16,25,31-32H,6-10,21H2,1H3,(H,22,28)(H,23,26)(H,24,27)(H,29,30). The van der Waals surface area contributed by atoms with E-state index in [0.717, 1.165) is 0 Å². The summed E-state index contributed by atoms with van der Waals surface area (Å²) in [7, 11) is 0. The topological polar surface area (TPSA) is 171 Å². The van der Waals surface area contributed by atoms with Crippen molar-refractivity contribution in [1.29, 1.82) is 0 Å². The fraction of sp³-hybridized carbons (Fsp3) is 0.500. The van der Waals surface area contributed by atoms with E-state index in [2.05, 4.69) is 41.2 Å². The molecule has 0 heterocycles. The summed E-state index contributed by atoms with van der Waals surface area (Å²) in [5.74, 6) is -2.69. The number of aromatic hydroxyl groups is 1. The van der Waals surface area contributed by atoms with Crippen LogP contribution in [0.5, 0.6) is 5.75 Å². The fourth-order valence-electron chi connectivity index (χ4n) is 2.66. The maximum Gasteiger partial charge on any atom is 0.327 e. The molecule has 0 radical (unpaired) electrons. The molecule has 10 nitrogen and oxygen atoms in total. The number of nitrogens with one attached hydrogen (secondary N) is 3. The largest absolute Gasteiger partial charge is 0.508 e. The number of hydrogen-bond acceptors (Lipinski definition) is 9. The van der Waals surface area contributed by atoms with E-state index in [1.165, 1.54) is 23.9 Å². The first-order valence-corrected chi connectivity index (χ1v) is 12.7. The van der Waals surface area contributed by atoms with E-state index in [4.69, 9.17) is 5.73 Å². The minimum Gasteiger partial charge on any atom is -0.508 e. The third kappa shape index (κ3) is 10.2. The van der Waals surface area contributed by atoms with Gasteiger partial charge in [0.2, 0.25) is 17.7 Å². The van der Waals surface area contributed by atoms with E-state index in [0.29, 0.717) is 17.7 Å². The number of carboxylic acid groups (broad SMARTS) is 1. The SMILES string of the molecule is CSCCC(N)C(=O)NC(CS)C(=O)NC(Cc1ccc(O)cc1)C(=O)NC(CS)C(=O)O. The van der Waals surface area contributed by atoms with Gasteiger partial charge in [0.1, 0.15) is 23.9 Å². The van der Waals surface area contributed by atoms with Crippen LogP contribution in [0, 0.1) is 0 Å². The number of thiol groups is 2. The van der Waals surface area contributed by atoms with Gasteiger partial charge in [-0.15, -0.1) is 0 Å². The van der Waals surface area contributed by atoms with Crippen molar-refractivity contribution in [2.24, 2.45) is 5.73 Å². The molecule has 0 aliphatic rings. The van der Waals surface area contributed by atoms with Crippen LogP contribution in [0.25, 0.3) is 0 Å². The number of hydrogen-bond donors (Lipinski definition) is 8. The van der Waals surface area contributed by atoms with Gasteiger partial charge in [-0.3, -0.25) is 14.4 Å². The van der Waals surface area contributed by atoms with E-state index >= 15 is 0 Å². The molecule has 33 heavy (non-hydrogen) atoms. The molecule has 184 valence electrons. The monoisotopic (exact) mass is 518 g/mol. The summed E-state index contributed by atoms with van der Waals surface area (Å²) in [6.45, 7) is 0. The summed E-state index contributed by atoms with van der Waals surface area (Å²) >= 11 is 9.58. The number of benzene rings is 1. The molecule has 0 saturated heterocycles. The van der Waals surface area contributed by atoms with Gasteiger partial charge in [-0.25, -0.2) is 4.79 Å². The fourth-order valence-corrected chi connectivity index (χ4v) is 3.65. The van der Waals surface area contributed by atoms with Crippen molar-refractivity contribution in [1.82, 2.24) is 16.0 Å². The van der Waals surface area contributed by atoms with Gasteiger partial charge in [-0.2, -0.15) is 37.0 Å². The van der Waals surface area contributed by atoms with Gasteiger partial charge < -0.3 is 31.9 Å². The molecule has 0 bridgehead atoms. The van der Waals surface area contributed by atoms with Gasteiger partial charge in [-0.05, 0) is 36.1 Å². The second-order valence-corrected chi connectivity index (χ2v) is 8.86. The van der Waals surface area contributed by atoms with E-state index in [1.54, 1.807) is 12.1 Å². The molecule has 13 heteroatoms. The first-order valence-electron chi connectivity index (χ1n) is 10.0. The minimum absolute atomic E-state index is 0.0111. The van der Waals surface area contributed by atoms with E-state index in [9.17, 15) is 29.4 Å². The van der Waals surface area contributed by atoms with Gasteiger partial charge in [0.05, 0.1) is 6.04 Å².